The van der Waals surface area contributed by atoms with Gasteiger partial charge < -0.3 is 25.2 Å². The quantitative estimate of drug-likeness (QED) is 0.262. The van der Waals surface area contributed by atoms with E-state index in [-0.39, 0.29) is 6.10 Å². The van der Waals surface area contributed by atoms with Crippen LogP contribution in [-0.2, 0) is 6.54 Å². The molecule has 3 N–H and O–H groups in total. The largest absolute Gasteiger partial charge is 0.393 e. The van der Waals surface area contributed by atoms with E-state index in [0.717, 1.165) is 82.3 Å². The Labute approximate surface area is 222 Å². The molecular weight excluding hydrogens is 460 g/mol. The van der Waals surface area contributed by atoms with Gasteiger partial charge in [-0.25, -0.2) is 4.98 Å². The molecule has 0 aliphatic heterocycles. The van der Waals surface area contributed by atoms with Crippen molar-refractivity contribution in [3.8, 4) is 11.1 Å². The summed E-state index contributed by atoms with van der Waals surface area (Å²) in [5.74, 6) is 0.696. The summed E-state index contributed by atoms with van der Waals surface area (Å²) in [4.78, 5) is 12.1. The second-order valence-electron chi connectivity index (χ2n) is 10.6. The lowest BCUT2D eigenvalue weighted by Crippen LogP contribution is -2.31. The fraction of sp³-hybridized carbons (Fsp3) is 0.600. The fourth-order valence-corrected chi connectivity index (χ4v) is 5.48. The predicted octanol–water partition coefficient (Wildman–Crippen LogP) is 5.61. The van der Waals surface area contributed by atoms with Crippen LogP contribution in [0.15, 0.2) is 36.7 Å². The third-order valence-corrected chi connectivity index (χ3v) is 7.82. The van der Waals surface area contributed by atoms with E-state index in [9.17, 15) is 5.11 Å². The van der Waals surface area contributed by atoms with Crippen molar-refractivity contribution in [1.82, 2.24) is 24.8 Å². The second kappa shape index (κ2) is 13.4. The topological polar surface area (TPSA) is 78.2 Å². The van der Waals surface area contributed by atoms with Crippen LogP contribution in [0.3, 0.4) is 0 Å². The van der Waals surface area contributed by atoms with Gasteiger partial charge in [-0.05, 0) is 63.2 Å². The van der Waals surface area contributed by atoms with Crippen molar-refractivity contribution in [3.63, 3.8) is 0 Å². The van der Waals surface area contributed by atoms with E-state index in [1.807, 2.05) is 6.20 Å². The molecule has 1 unspecified atom stereocenters. The van der Waals surface area contributed by atoms with Gasteiger partial charge in [0, 0.05) is 55.1 Å². The van der Waals surface area contributed by atoms with Crippen LogP contribution >= 0.6 is 0 Å². The fourth-order valence-electron chi connectivity index (χ4n) is 5.48. The Balaban J connectivity index is 1.55. The summed E-state index contributed by atoms with van der Waals surface area (Å²) < 4.78 is 2.34. The first kappa shape index (κ1) is 27.6. The Bertz CT molecular complexity index is 1100. The lowest BCUT2D eigenvalue weighted by atomic mass is 9.93. The van der Waals surface area contributed by atoms with Crippen molar-refractivity contribution < 1.29 is 5.11 Å². The third-order valence-electron chi connectivity index (χ3n) is 7.82. The first-order chi connectivity index (χ1) is 18.0. The highest BCUT2D eigenvalue weighted by Crippen LogP contribution is 2.36. The molecule has 2 heterocycles. The molecule has 4 rings (SSSR count). The molecule has 7 nitrogen and oxygen atoms in total. The minimum atomic E-state index is -0.174. The van der Waals surface area contributed by atoms with Crippen LogP contribution in [0.4, 0.5) is 5.95 Å². The first-order valence-electron chi connectivity index (χ1n) is 14.4. The van der Waals surface area contributed by atoms with Gasteiger partial charge in [0.2, 0.25) is 5.95 Å². The van der Waals surface area contributed by atoms with Gasteiger partial charge in [0.25, 0.3) is 0 Å². The maximum atomic E-state index is 10.1. The van der Waals surface area contributed by atoms with Gasteiger partial charge in [-0.15, -0.1) is 0 Å². The summed E-state index contributed by atoms with van der Waals surface area (Å²) >= 11 is 0. The number of likely N-dealkylation sites (N-methyl/N-ethyl adjacent to an activating group) is 1. The number of aromatic nitrogens is 3. The highest BCUT2D eigenvalue weighted by atomic mass is 16.3. The van der Waals surface area contributed by atoms with E-state index in [1.165, 1.54) is 16.7 Å². The van der Waals surface area contributed by atoms with Crippen LogP contribution in [0, 0.1) is 0 Å². The van der Waals surface area contributed by atoms with E-state index in [2.05, 4.69) is 78.3 Å². The van der Waals surface area contributed by atoms with Crippen molar-refractivity contribution in [2.45, 2.75) is 91.0 Å². The average Bonchev–Trinajstić information content (AvgIpc) is 3.28. The molecule has 0 amide bonds. The molecular formula is C30H46N6O. The lowest BCUT2D eigenvalue weighted by molar-refractivity contribution is 0.111. The van der Waals surface area contributed by atoms with Gasteiger partial charge in [0.15, 0.2) is 0 Å². The lowest BCUT2D eigenvalue weighted by Gasteiger charge is -2.27. The van der Waals surface area contributed by atoms with Gasteiger partial charge in [0.05, 0.1) is 6.10 Å². The van der Waals surface area contributed by atoms with Crippen molar-refractivity contribution in [2.24, 2.45) is 0 Å². The van der Waals surface area contributed by atoms with Crippen molar-refractivity contribution >= 4 is 17.0 Å². The number of hydrogen-bond acceptors (Lipinski definition) is 6. The van der Waals surface area contributed by atoms with Gasteiger partial charge in [-0.1, -0.05) is 51.5 Å². The molecule has 1 aromatic carbocycles. The summed E-state index contributed by atoms with van der Waals surface area (Å²) in [6, 6.07) is 9.58. The highest BCUT2D eigenvalue weighted by molar-refractivity contribution is 5.94. The molecule has 1 saturated carbocycles. The molecule has 0 saturated heterocycles. The van der Waals surface area contributed by atoms with Gasteiger partial charge in [-0.2, -0.15) is 4.98 Å². The van der Waals surface area contributed by atoms with Crippen LogP contribution in [0.25, 0.3) is 22.2 Å². The SMILES string of the molecule is CCCC(C)Nc1ncc2c(-c3ccc(CNCCN(CC)CC)cc3)cn([C@H]3CC[C@H](O)CC3)c2n1. The molecule has 1 fully saturated rings. The van der Waals surface area contributed by atoms with Crippen molar-refractivity contribution in [1.29, 1.82) is 0 Å². The third kappa shape index (κ3) is 7.09. The van der Waals surface area contributed by atoms with Gasteiger partial charge >= 0.3 is 0 Å². The van der Waals surface area contributed by atoms with Crippen LogP contribution in [0.5, 0.6) is 0 Å². The minimum Gasteiger partial charge on any atom is -0.393 e. The molecule has 37 heavy (non-hydrogen) atoms. The minimum absolute atomic E-state index is 0.174. The molecule has 0 bridgehead atoms. The maximum absolute atomic E-state index is 10.1. The van der Waals surface area contributed by atoms with Crippen LogP contribution in [0.2, 0.25) is 0 Å². The summed E-state index contributed by atoms with van der Waals surface area (Å²) in [6.45, 7) is 14.0. The average molecular weight is 507 g/mol. The summed E-state index contributed by atoms with van der Waals surface area (Å²) in [6.07, 6.45) is 9.93. The number of hydrogen-bond donors (Lipinski definition) is 3. The predicted molar refractivity (Wildman–Crippen MR) is 154 cm³/mol. The zero-order chi connectivity index (χ0) is 26.2. The number of aliphatic hydroxyl groups excluding tert-OH is 1. The standard InChI is InChI=1S/C30H46N6O/c1-5-8-22(4)33-30-32-20-27-28(21-36(29(27)34-30)25-13-15-26(37)16-14-25)24-11-9-23(10-12-24)19-31-17-18-35(6-2)7-3/h9-12,20-22,25-26,31,37H,5-8,13-19H2,1-4H3,(H,32,33,34)/t22?,25-,26-. The zero-order valence-corrected chi connectivity index (χ0v) is 23.2. The van der Waals surface area contributed by atoms with E-state index < -0.39 is 0 Å². The van der Waals surface area contributed by atoms with E-state index in [1.54, 1.807) is 0 Å². The number of aliphatic hydroxyl groups is 1. The zero-order valence-electron chi connectivity index (χ0n) is 23.2. The van der Waals surface area contributed by atoms with E-state index >= 15 is 0 Å². The molecule has 0 spiro atoms. The number of nitrogens with one attached hydrogen (secondary N) is 2. The van der Waals surface area contributed by atoms with E-state index in [0.29, 0.717) is 18.0 Å². The maximum Gasteiger partial charge on any atom is 0.224 e. The Morgan fingerprint density at radius 1 is 1.08 bits per heavy atom. The van der Waals surface area contributed by atoms with Crippen molar-refractivity contribution in [3.05, 3.63) is 42.2 Å². The van der Waals surface area contributed by atoms with Gasteiger partial charge in [-0.3, -0.25) is 0 Å². The van der Waals surface area contributed by atoms with Gasteiger partial charge in [0.1, 0.15) is 5.65 Å². The normalized spacial score (nSPS) is 19.0. The second-order valence-corrected chi connectivity index (χ2v) is 10.6. The number of fused-ring (bicyclic) bond motifs is 1. The molecule has 1 atom stereocenters. The number of rotatable bonds is 13. The Hall–Kier alpha value is -2.48. The van der Waals surface area contributed by atoms with Crippen LogP contribution in [0.1, 0.15) is 77.8 Å². The number of benzene rings is 1. The first-order valence-corrected chi connectivity index (χ1v) is 14.4. The number of anilines is 1. The molecule has 2 aromatic heterocycles. The molecule has 202 valence electrons. The van der Waals surface area contributed by atoms with E-state index in [4.69, 9.17) is 9.97 Å². The highest BCUT2D eigenvalue weighted by Gasteiger charge is 2.24. The Morgan fingerprint density at radius 2 is 1.81 bits per heavy atom. The number of nitrogens with zero attached hydrogens (tertiary/aromatic N) is 4. The Kier molecular flexibility index (Phi) is 9.95. The van der Waals surface area contributed by atoms with Crippen molar-refractivity contribution in [2.75, 3.05) is 31.5 Å². The smallest absolute Gasteiger partial charge is 0.224 e. The molecule has 0 radical (unpaired) electrons. The monoisotopic (exact) mass is 506 g/mol. The summed E-state index contributed by atoms with van der Waals surface area (Å²) in [7, 11) is 0. The molecule has 1 aliphatic carbocycles. The molecule has 3 aromatic rings. The summed E-state index contributed by atoms with van der Waals surface area (Å²) in [5, 5.41) is 18.2. The molecule has 7 heteroatoms. The summed E-state index contributed by atoms with van der Waals surface area (Å²) in [5.41, 5.74) is 4.64. The molecule has 1 aliphatic rings. The van der Waals surface area contributed by atoms with Crippen LogP contribution < -0.4 is 10.6 Å². The van der Waals surface area contributed by atoms with Crippen LogP contribution in [-0.4, -0.2) is 62.9 Å². The Morgan fingerprint density at radius 3 is 2.49 bits per heavy atom.